The van der Waals surface area contributed by atoms with E-state index in [1.807, 2.05) is 6.92 Å². The van der Waals surface area contributed by atoms with Gasteiger partial charge in [0.2, 0.25) is 10.0 Å². The molecule has 0 bridgehead atoms. The van der Waals surface area contributed by atoms with Gasteiger partial charge in [-0.3, -0.25) is 0 Å². The fourth-order valence-electron chi connectivity index (χ4n) is 1.93. The number of hydrogen-bond donors (Lipinski definition) is 3. The molecular weight excluding hydrogens is 238 g/mol. The molecule has 17 heavy (non-hydrogen) atoms. The molecule has 0 aliphatic heterocycles. The average molecular weight is 255 g/mol. The highest BCUT2D eigenvalue weighted by molar-refractivity contribution is 7.89. The normalized spacial score (nSPS) is 24.2. The monoisotopic (exact) mass is 255 g/mol. The van der Waals surface area contributed by atoms with E-state index in [0.29, 0.717) is 6.04 Å². The lowest BCUT2D eigenvalue weighted by Gasteiger charge is -2.34. The van der Waals surface area contributed by atoms with Crippen LogP contribution in [0, 0.1) is 6.92 Å². The number of hydrogen-bond acceptors (Lipinski definition) is 4. The predicted molar refractivity (Wildman–Crippen MR) is 67.2 cm³/mol. The van der Waals surface area contributed by atoms with Crippen LogP contribution in [0.3, 0.4) is 0 Å². The van der Waals surface area contributed by atoms with Crippen LogP contribution in [0.5, 0.6) is 0 Å². The van der Waals surface area contributed by atoms with Crippen LogP contribution in [0.25, 0.3) is 0 Å². The lowest BCUT2D eigenvalue weighted by molar-refractivity contribution is 0.373. The second-order valence-corrected chi connectivity index (χ2v) is 6.16. The van der Waals surface area contributed by atoms with Gasteiger partial charge in [-0.15, -0.1) is 0 Å². The van der Waals surface area contributed by atoms with Gasteiger partial charge in [0, 0.05) is 17.8 Å². The molecular formula is C11H17N3O2S. The molecule has 5 N–H and O–H groups in total. The van der Waals surface area contributed by atoms with E-state index in [0.717, 1.165) is 24.1 Å². The third-order valence-corrected chi connectivity index (χ3v) is 3.98. The summed E-state index contributed by atoms with van der Waals surface area (Å²) >= 11 is 0. The summed E-state index contributed by atoms with van der Waals surface area (Å²) in [6, 6.07) is 5.44. The van der Waals surface area contributed by atoms with E-state index >= 15 is 0 Å². The molecule has 0 radical (unpaired) electrons. The van der Waals surface area contributed by atoms with E-state index in [2.05, 4.69) is 5.32 Å². The quantitative estimate of drug-likeness (QED) is 0.734. The Hall–Kier alpha value is -1.11. The molecule has 0 spiro atoms. The zero-order valence-corrected chi connectivity index (χ0v) is 10.5. The highest BCUT2D eigenvalue weighted by atomic mass is 32.2. The topological polar surface area (TPSA) is 98.2 Å². The van der Waals surface area contributed by atoms with Crippen molar-refractivity contribution in [1.82, 2.24) is 0 Å². The van der Waals surface area contributed by atoms with Crippen molar-refractivity contribution in [3.63, 3.8) is 0 Å². The van der Waals surface area contributed by atoms with Gasteiger partial charge in [0.1, 0.15) is 0 Å². The zero-order chi connectivity index (χ0) is 12.6. The van der Waals surface area contributed by atoms with Crippen molar-refractivity contribution in [2.45, 2.75) is 36.7 Å². The van der Waals surface area contributed by atoms with Gasteiger partial charge in [-0.1, -0.05) is 6.07 Å². The molecule has 0 heterocycles. The molecule has 0 aromatic heterocycles. The van der Waals surface area contributed by atoms with Crippen molar-refractivity contribution < 1.29 is 8.42 Å². The lowest BCUT2D eigenvalue weighted by Crippen LogP contribution is -2.44. The summed E-state index contributed by atoms with van der Waals surface area (Å²) < 4.78 is 22.5. The van der Waals surface area contributed by atoms with Crippen LogP contribution in [-0.4, -0.2) is 20.5 Å². The summed E-state index contributed by atoms with van der Waals surface area (Å²) in [5.41, 5.74) is 7.52. The van der Waals surface area contributed by atoms with E-state index in [4.69, 9.17) is 10.9 Å². The van der Waals surface area contributed by atoms with Crippen molar-refractivity contribution in [2.75, 3.05) is 5.32 Å². The molecule has 0 saturated heterocycles. The number of rotatable bonds is 3. The fourth-order valence-corrected chi connectivity index (χ4v) is 2.47. The van der Waals surface area contributed by atoms with E-state index in [1.54, 1.807) is 12.1 Å². The summed E-state index contributed by atoms with van der Waals surface area (Å²) in [7, 11) is -3.64. The van der Waals surface area contributed by atoms with Crippen molar-refractivity contribution >= 4 is 15.7 Å². The second-order valence-electron chi connectivity index (χ2n) is 4.59. The number of nitrogens with two attached hydrogens (primary N) is 2. The minimum atomic E-state index is -3.64. The van der Waals surface area contributed by atoms with E-state index in [9.17, 15) is 8.42 Å². The third-order valence-electron chi connectivity index (χ3n) is 3.07. The molecule has 0 atom stereocenters. The third kappa shape index (κ3) is 2.77. The molecule has 1 saturated carbocycles. The summed E-state index contributed by atoms with van der Waals surface area (Å²) in [5.74, 6) is 0. The van der Waals surface area contributed by atoms with Crippen LogP contribution in [0.1, 0.15) is 18.4 Å². The van der Waals surface area contributed by atoms with Crippen LogP contribution in [0.15, 0.2) is 23.1 Å². The first kappa shape index (κ1) is 12.3. The van der Waals surface area contributed by atoms with Gasteiger partial charge in [0.25, 0.3) is 0 Å². The number of anilines is 1. The van der Waals surface area contributed by atoms with Gasteiger partial charge in [-0.2, -0.15) is 0 Å². The largest absolute Gasteiger partial charge is 0.382 e. The maximum atomic E-state index is 11.2. The van der Waals surface area contributed by atoms with Gasteiger partial charge >= 0.3 is 0 Å². The average Bonchev–Trinajstić information content (AvgIpc) is 2.17. The molecule has 0 amide bonds. The van der Waals surface area contributed by atoms with E-state index < -0.39 is 10.0 Å². The molecule has 1 fully saturated rings. The van der Waals surface area contributed by atoms with Crippen LogP contribution in [0.4, 0.5) is 5.69 Å². The predicted octanol–water partition coefficient (Wildman–Crippen LogP) is 0.544. The minimum Gasteiger partial charge on any atom is -0.382 e. The molecule has 2 rings (SSSR count). The van der Waals surface area contributed by atoms with Gasteiger partial charge in [0.15, 0.2) is 0 Å². The summed E-state index contributed by atoms with van der Waals surface area (Å²) in [4.78, 5) is 0.134. The Morgan fingerprint density at radius 2 is 2.00 bits per heavy atom. The zero-order valence-electron chi connectivity index (χ0n) is 9.68. The molecule has 5 nitrogen and oxygen atoms in total. The molecule has 1 aromatic rings. The maximum absolute atomic E-state index is 11.2. The standard InChI is InChI=1S/C11H17N3O2S/c1-7-2-3-10(17(13,15)16)6-11(7)14-9-4-8(12)5-9/h2-3,6,8-9,14H,4-5,12H2,1H3,(H2,13,15,16). The van der Waals surface area contributed by atoms with Gasteiger partial charge in [-0.25, -0.2) is 13.6 Å². The van der Waals surface area contributed by atoms with Gasteiger partial charge in [0.05, 0.1) is 4.90 Å². The van der Waals surface area contributed by atoms with E-state index in [1.165, 1.54) is 6.07 Å². The summed E-state index contributed by atoms with van der Waals surface area (Å²) in [6.45, 7) is 1.92. The van der Waals surface area contributed by atoms with Gasteiger partial charge < -0.3 is 11.1 Å². The van der Waals surface area contributed by atoms with E-state index in [-0.39, 0.29) is 10.9 Å². The first-order valence-electron chi connectivity index (χ1n) is 5.52. The number of primary sulfonamides is 1. The summed E-state index contributed by atoms with van der Waals surface area (Å²) in [6.07, 6.45) is 1.83. The number of benzene rings is 1. The summed E-state index contributed by atoms with van der Waals surface area (Å²) in [5, 5.41) is 8.39. The Kier molecular flexibility index (Phi) is 3.11. The maximum Gasteiger partial charge on any atom is 0.238 e. The van der Waals surface area contributed by atoms with Crippen LogP contribution in [0.2, 0.25) is 0 Å². The first-order chi connectivity index (χ1) is 7.86. The van der Waals surface area contributed by atoms with Gasteiger partial charge in [-0.05, 0) is 37.5 Å². The van der Waals surface area contributed by atoms with Crippen molar-refractivity contribution in [1.29, 1.82) is 0 Å². The number of aryl methyl sites for hydroxylation is 1. The Morgan fingerprint density at radius 3 is 2.53 bits per heavy atom. The Bertz CT molecular complexity index is 522. The van der Waals surface area contributed by atoms with Crippen LogP contribution in [-0.2, 0) is 10.0 Å². The molecule has 1 aromatic carbocycles. The highest BCUT2D eigenvalue weighted by Gasteiger charge is 2.26. The Labute approximate surface area is 101 Å². The molecule has 1 aliphatic rings. The molecule has 1 aliphatic carbocycles. The van der Waals surface area contributed by atoms with Crippen LogP contribution >= 0.6 is 0 Å². The van der Waals surface area contributed by atoms with Crippen molar-refractivity contribution in [3.8, 4) is 0 Å². The smallest absolute Gasteiger partial charge is 0.238 e. The second kappa shape index (κ2) is 4.29. The molecule has 94 valence electrons. The van der Waals surface area contributed by atoms with Crippen LogP contribution < -0.4 is 16.2 Å². The Balaban J connectivity index is 2.21. The molecule has 6 heteroatoms. The fraction of sp³-hybridized carbons (Fsp3) is 0.455. The number of nitrogens with one attached hydrogen (secondary N) is 1. The minimum absolute atomic E-state index is 0.134. The molecule has 0 unspecified atom stereocenters. The highest BCUT2D eigenvalue weighted by Crippen LogP contribution is 2.26. The van der Waals surface area contributed by atoms with Crippen molar-refractivity contribution in [2.24, 2.45) is 10.9 Å². The van der Waals surface area contributed by atoms with Crippen molar-refractivity contribution in [3.05, 3.63) is 23.8 Å². The first-order valence-corrected chi connectivity index (χ1v) is 7.06. The lowest BCUT2D eigenvalue weighted by atomic mass is 9.87. The Morgan fingerprint density at radius 1 is 1.35 bits per heavy atom. The number of sulfonamides is 1. The SMILES string of the molecule is Cc1ccc(S(N)(=O)=O)cc1NC1CC(N)C1.